The Kier molecular flexibility index (Phi) is 8.11. The predicted octanol–water partition coefficient (Wildman–Crippen LogP) is 0.944. The average Bonchev–Trinajstić information content (AvgIpc) is 3.23. The van der Waals surface area contributed by atoms with Crippen LogP contribution in [0.4, 0.5) is 0 Å². The topological polar surface area (TPSA) is 44.8 Å². The highest BCUT2D eigenvalue weighted by molar-refractivity contribution is 5.75. The molecule has 0 amide bonds. The minimum atomic E-state index is -0.143. The van der Waals surface area contributed by atoms with E-state index in [4.69, 9.17) is 4.74 Å². The molecule has 20 heavy (non-hydrogen) atoms. The molecule has 118 valence electrons. The molecule has 0 aromatic carbocycles. The van der Waals surface area contributed by atoms with Crippen LogP contribution in [0, 0.1) is 0 Å². The third-order valence-electron chi connectivity index (χ3n) is 3.76. The van der Waals surface area contributed by atoms with Crippen LogP contribution < -0.4 is 5.32 Å². The van der Waals surface area contributed by atoms with Crippen LogP contribution in [0.15, 0.2) is 0 Å². The summed E-state index contributed by atoms with van der Waals surface area (Å²) in [5, 5.41) is 3.39. The lowest BCUT2D eigenvalue weighted by Crippen LogP contribution is -2.42. The third kappa shape index (κ3) is 7.22. The first-order valence-corrected chi connectivity index (χ1v) is 7.77. The highest BCUT2D eigenvalue weighted by Gasteiger charge is 2.28. The van der Waals surface area contributed by atoms with Gasteiger partial charge in [-0.3, -0.25) is 4.79 Å². The van der Waals surface area contributed by atoms with Crippen molar-refractivity contribution in [2.24, 2.45) is 0 Å². The first-order chi connectivity index (χ1) is 9.56. The second-order valence-electron chi connectivity index (χ2n) is 5.90. The number of nitrogens with zero attached hydrogens (tertiary/aromatic N) is 2. The Morgan fingerprint density at radius 2 is 2.00 bits per heavy atom. The number of carbonyl (C=O) groups excluding carboxylic acids is 1. The Balaban J connectivity index is 2.28. The summed E-state index contributed by atoms with van der Waals surface area (Å²) in [5.74, 6) is -0.124. The van der Waals surface area contributed by atoms with Crippen molar-refractivity contribution in [1.82, 2.24) is 15.1 Å². The van der Waals surface area contributed by atoms with Crippen molar-refractivity contribution in [3.8, 4) is 0 Å². The van der Waals surface area contributed by atoms with Crippen molar-refractivity contribution in [1.29, 1.82) is 0 Å². The molecule has 0 bridgehead atoms. The molecule has 1 N–H and O–H groups in total. The molecule has 5 heteroatoms. The van der Waals surface area contributed by atoms with Crippen LogP contribution in [0.3, 0.4) is 0 Å². The van der Waals surface area contributed by atoms with E-state index < -0.39 is 0 Å². The maximum absolute atomic E-state index is 11.8. The zero-order chi connectivity index (χ0) is 15.0. The van der Waals surface area contributed by atoms with E-state index >= 15 is 0 Å². The average molecular weight is 285 g/mol. The van der Waals surface area contributed by atoms with Crippen LogP contribution in [0.2, 0.25) is 0 Å². The molecular weight excluding hydrogens is 254 g/mol. The summed E-state index contributed by atoms with van der Waals surface area (Å²) < 4.78 is 4.89. The molecule has 0 radical (unpaired) electrons. The van der Waals surface area contributed by atoms with Gasteiger partial charge in [-0.25, -0.2) is 0 Å². The van der Waals surface area contributed by atoms with Crippen molar-refractivity contribution in [3.63, 3.8) is 0 Å². The van der Waals surface area contributed by atoms with Gasteiger partial charge in [-0.05, 0) is 59.4 Å². The maximum atomic E-state index is 11.8. The molecule has 0 heterocycles. The van der Waals surface area contributed by atoms with Crippen LogP contribution in [0.25, 0.3) is 0 Å². The van der Waals surface area contributed by atoms with Crippen LogP contribution in [0.5, 0.6) is 0 Å². The Labute approximate surface area is 123 Å². The standard InChI is InChI=1S/C15H31N3O2/c1-5-18(11-6-10-17(2)3)12-9-14(15(19)20-4)16-13-7-8-13/h13-14,16H,5-12H2,1-4H3. The Morgan fingerprint density at radius 1 is 1.30 bits per heavy atom. The van der Waals surface area contributed by atoms with E-state index in [1.165, 1.54) is 26.4 Å². The molecule has 1 aliphatic carbocycles. The predicted molar refractivity (Wildman–Crippen MR) is 81.9 cm³/mol. The third-order valence-corrected chi connectivity index (χ3v) is 3.76. The second-order valence-corrected chi connectivity index (χ2v) is 5.90. The molecule has 0 spiro atoms. The van der Waals surface area contributed by atoms with E-state index in [2.05, 4.69) is 36.1 Å². The molecule has 5 nitrogen and oxygen atoms in total. The zero-order valence-electron chi connectivity index (χ0n) is 13.5. The summed E-state index contributed by atoms with van der Waals surface area (Å²) in [4.78, 5) is 16.4. The Hall–Kier alpha value is -0.650. The fraction of sp³-hybridized carbons (Fsp3) is 0.933. The molecule has 0 aromatic rings. The SMILES string of the molecule is CCN(CCCN(C)C)CCC(NC1CC1)C(=O)OC. The minimum Gasteiger partial charge on any atom is -0.468 e. The molecule has 1 fully saturated rings. The Bertz CT molecular complexity index is 280. The van der Waals surface area contributed by atoms with Crippen LogP contribution >= 0.6 is 0 Å². The van der Waals surface area contributed by atoms with Crippen molar-refractivity contribution in [2.45, 2.75) is 44.7 Å². The van der Waals surface area contributed by atoms with E-state index in [0.717, 1.165) is 32.6 Å². The summed E-state index contributed by atoms with van der Waals surface area (Å²) in [6.07, 6.45) is 4.38. The van der Waals surface area contributed by atoms with Gasteiger partial charge in [0, 0.05) is 12.6 Å². The lowest BCUT2D eigenvalue weighted by molar-refractivity contribution is -0.143. The van der Waals surface area contributed by atoms with Crippen molar-refractivity contribution < 1.29 is 9.53 Å². The maximum Gasteiger partial charge on any atom is 0.322 e. The van der Waals surface area contributed by atoms with Crippen LogP contribution in [-0.2, 0) is 9.53 Å². The molecule has 1 atom stereocenters. The van der Waals surface area contributed by atoms with Gasteiger partial charge in [-0.15, -0.1) is 0 Å². The highest BCUT2D eigenvalue weighted by Crippen LogP contribution is 2.20. The number of hydrogen-bond donors (Lipinski definition) is 1. The molecule has 1 saturated carbocycles. The van der Waals surface area contributed by atoms with Gasteiger partial charge in [0.05, 0.1) is 7.11 Å². The molecular formula is C15H31N3O2. The van der Waals surface area contributed by atoms with Gasteiger partial charge in [-0.2, -0.15) is 0 Å². The molecule has 0 saturated heterocycles. The van der Waals surface area contributed by atoms with E-state index in [0.29, 0.717) is 6.04 Å². The largest absolute Gasteiger partial charge is 0.468 e. The van der Waals surface area contributed by atoms with E-state index in [9.17, 15) is 4.79 Å². The van der Waals surface area contributed by atoms with Gasteiger partial charge in [0.25, 0.3) is 0 Å². The second kappa shape index (κ2) is 9.32. The van der Waals surface area contributed by atoms with Crippen molar-refractivity contribution in [2.75, 3.05) is 47.4 Å². The van der Waals surface area contributed by atoms with E-state index in [-0.39, 0.29) is 12.0 Å². The number of methoxy groups -OCH3 is 1. The quantitative estimate of drug-likeness (QED) is 0.573. The fourth-order valence-corrected chi connectivity index (χ4v) is 2.30. The zero-order valence-corrected chi connectivity index (χ0v) is 13.5. The number of esters is 1. The molecule has 0 aromatic heterocycles. The fourth-order valence-electron chi connectivity index (χ4n) is 2.30. The first kappa shape index (κ1) is 17.4. The van der Waals surface area contributed by atoms with Crippen LogP contribution in [-0.4, -0.2) is 75.2 Å². The van der Waals surface area contributed by atoms with E-state index in [1.807, 2.05) is 0 Å². The molecule has 1 rings (SSSR count). The number of hydrogen-bond acceptors (Lipinski definition) is 5. The van der Waals surface area contributed by atoms with Gasteiger partial charge >= 0.3 is 5.97 Å². The minimum absolute atomic E-state index is 0.124. The monoisotopic (exact) mass is 285 g/mol. The number of rotatable bonds is 11. The highest BCUT2D eigenvalue weighted by atomic mass is 16.5. The van der Waals surface area contributed by atoms with Crippen molar-refractivity contribution >= 4 is 5.97 Å². The summed E-state index contributed by atoms with van der Waals surface area (Å²) in [7, 11) is 5.67. The smallest absolute Gasteiger partial charge is 0.322 e. The lowest BCUT2D eigenvalue weighted by Gasteiger charge is -2.24. The number of carbonyl (C=O) groups is 1. The first-order valence-electron chi connectivity index (χ1n) is 7.77. The summed E-state index contributed by atoms with van der Waals surface area (Å²) >= 11 is 0. The van der Waals surface area contributed by atoms with Crippen LogP contribution in [0.1, 0.15) is 32.6 Å². The summed E-state index contributed by atoms with van der Waals surface area (Å²) in [5.41, 5.74) is 0. The van der Waals surface area contributed by atoms with Crippen molar-refractivity contribution in [3.05, 3.63) is 0 Å². The van der Waals surface area contributed by atoms with Gasteiger partial charge in [0.1, 0.15) is 6.04 Å². The number of ether oxygens (including phenoxy) is 1. The van der Waals surface area contributed by atoms with Gasteiger partial charge in [0.2, 0.25) is 0 Å². The van der Waals surface area contributed by atoms with Gasteiger partial charge in [-0.1, -0.05) is 6.92 Å². The Morgan fingerprint density at radius 3 is 2.50 bits per heavy atom. The summed E-state index contributed by atoms with van der Waals surface area (Å²) in [6, 6.07) is 0.387. The summed E-state index contributed by atoms with van der Waals surface area (Å²) in [6.45, 7) is 6.36. The molecule has 1 unspecified atom stereocenters. The van der Waals surface area contributed by atoms with E-state index in [1.54, 1.807) is 0 Å². The molecule has 0 aliphatic heterocycles. The number of nitrogens with one attached hydrogen (secondary N) is 1. The van der Waals surface area contributed by atoms with Gasteiger partial charge < -0.3 is 19.9 Å². The molecule has 1 aliphatic rings. The van der Waals surface area contributed by atoms with Gasteiger partial charge in [0.15, 0.2) is 0 Å². The normalized spacial score (nSPS) is 16.7. The lowest BCUT2D eigenvalue weighted by atomic mass is 10.2.